The molecule has 1 aliphatic rings. The molecule has 1 unspecified atom stereocenters. The summed E-state index contributed by atoms with van der Waals surface area (Å²) in [5.41, 5.74) is 2.08. The van der Waals surface area contributed by atoms with Crippen LogP contribution in [0.2, 0.25) is 0 Å². The molecule has 0 saturated heterocycles. The maximum Gasteiger partial charge on any atom is 0.0627 e. The number of aliphatic hydroxyl groups is 1. The number of nitrogens with zero attached hydrogens (tertiary/aromatic N) is 1. The molecular formula is C12H18N2O. The van der Waals surface area contributed by atoms with E-state index in [-0.39, 0.29) is 12.6 Å². The Hall–Kier alpha value is -0.930. The van der Waals surface area contributed by atoms with Gasteiger partial charge in [-0.15, -0.1) is 0 Å². The SMILES string of the molecule is Cc1ccc(C(CO)NCC2CC2)cn1. The number of hydrogen-bond donors (Lipinski definition) is 2. The summed E-state index contributed by atoms with van der Waals surface area (Å²) in [6, 6.07) is 4.05. The fraction of sp³-hybridized carbons (Fsp3) is 0.583. The van der Waals surface area contributed by atoms with Gasteiger partial charge in [-0.05, 0) is 43.9 Å². The summed E-state index contributed by atoms with van der Waals surface area (Å²) in [5.74, 6) is 0.831. The third-order valence-electron chi connectivity index (χ3n) is 2.87. The molecule has 0 radical (unpaired) electrons. The molecule has 0 amide bonds. The van der Waals surface area contributed by atoms with Gasteiger partial charge in [0.1, 0.15) is 0 Å². The normalized spacial score (nSPS) is 17.7. The van der Waals surface area contributed by atoms with Crippen LogP contribution in [0.15, 0.2) is 18.3 Å². The van der Waals surface area contributed by atoms with Crippen LogP contribution in [0, 0.1) is 12.8 Å². The minimum atomic E-state index is 0.0405. The van der Waals surface area contributed by atoms with Crippen LogP contribution < -0.4 is 5.32 Å². The van der Waals surface area contributed by atoms with E-state index in [1.165, 1.54) is 12.8 Å². The van der Waals surface area contributed by atoms with E-state index in [4.69, 9.17) is 0 Å². The molecule has 2 rings (SSSR count). The standard InChI is InChI=1S/C12H18N2O/c1-9-2-5-11(7-13-9)12(8-15)14-6-10-3-4-10/h2,5,7,10,12,14-15H,3-4,6,8H2,1H3. The number of hydrogen-bond acceptors (Lipinski definition) is 3. The first kappa shape index (κ1) is 10.6. The van der Waals surface area contributed by atoms with Gasteiger partial charge in [0, 0.05) is 11.9 Å². The lowest BCUT2D eigenvalue weighted by Gasteiger charge is -2.16. The topological polar surface area (TPSA) is 45.1 Å². The van der Waals surface area contributed by atoms with E-state index in [0.717, 1.165) is 23.7 Å². The van der Waals surface area contributed by atoms with Gasteiger partial charge in [-0.25, -0.2) is 0 Å². The molecule has 82 valence electrons. The second kappa shape index (κ2) is 4.73. The first-order chi connectivity index (χ1) is 7.29. The molecule has 0 aromatic carbocycles. The van der Waals surface area contributed by atoms with Gasteiger partial charge in [-0.1, -0.05) is 6.07 Å². The molecule has 1 saturated carbocycles. The molecule has 3 nitrogen and oxygen atoms in total. The Balaban J connectivity index is 1.94. The van der Waals surface area contributed by atoms with Gasteiger partial charge in [0.15, 0.2) is 0 Å². The molecule has 15 heavy (non-hydrogen) atoms. The zero-order valence-corrected chi connectivity index (χ0v) is 9.11. The molecule has 3 heteroatoms. The number of aromatic nitrogens is 1. The minimum Gasteiger partial charge on any atom is -0.394 e. The molecule has 1 fully saturated rings. The van der Waals surface area contributed by atoms with Crippen molar-refractivity contribution in [1.29, 1.82) is 0 Å². The molecule has 1 atom stereocenters. The fourth-order valence-corrected chi connectivity index (χ4v) is 1.60. The Kier molecular flexibility index (Phi) is 3.34. The average molecular weight is 206 g/mol. The van der Waals surface area contributed by atoms with Crippen molar-refractivity contribution in [3.8, 4) is 0 Å². The highest BCUT2D eigenvalue weighted by atomic mass is 16.3. The van der Waals surface area contributed by atoms with Crippen LogP contribution in [0.25, 0.3) is 0 Å². The summed E-state index contributed by atoms with van der Waals surface area (Å²) < 4.78 is 0. The molecule has 1 aliphatic carbocycles. The van der Waals surface area contributed by atoms with E-state index in [1.807, 2.05) is 25.3 Å². The zero-order chi connectivity index (χ0) is 10.7. The lowest BCUT2D eigenvalue weighted by Crippen LogP contribution is -2.26. The van der Waals surface area contributed by atoms with Gasteiger partial charge >= 0.3 is 0 Å². The van der Waals surface area contributed by atoms with E-state index < -0.39 is 0 Å². The summed E-state index contributed by atoms with van der Waals surface area (Å²) in [6.45, 7) is 3.12. The third kappa shape index (κ3) is 3.01. The monoisotopic (exact) mass is 206 g/mol. The van der Waals surface area contributed by atoms with Crippen molar-refractivity contribution in [3.05, 3.63) is 29.6 Å². The van der Waals surface area contributed by atoms with Crippen LogP contribution in [0.4, 0.5) is 0 Å². The Morgan fingerprint density at radius 2 is 2.33 bits per heavy atom. The van der Waals surface area contributed by atoms with Gasteiger partial charge in [0.25, 0.3) is 0 Å². The lowest BCUT2D eigenvalue weighted by molar-refractivity contribution is 0.243. The third-order valence-corrected chi connectivity index (χ3v) is 2.87. The summed E-state index contributed by atoms with van der Waals surface area (Å²) in [5, 5.41) is 12.7. The van der Waals surface area contributed by atoms with Crippen molar-refractivity contribution in [3.63, 3.8) is 0 Å². The van der Waals surface area contributed by atoms with Crippen LogP contribution in [0.3, 0.4) is 0 Å². The molecule has 0 bridgehead atoms. The molecule has 0 aliphatic heterocycles. The van der Waals surface area contributed by atoms with Crippen molar-refractivity contribution in [1.82, 2.24) is 10.3 Å². The van der Waals surface area contributed by atoms with Crippen LogP contribution in [-0.2, 0) is 0 Å². The number of rotatable bonds is 5. The van der Waals surface area contributed by atoms with Crippen molar-refractivity contribution >= 4 is 0 Å². The van der Waals surface area contributed by atoms with E-state index in [2.05, 4.69) is 10.3 Å². The number of nitrogens with one attached hydrogen (secondary N) is 1. The minimum absolute atomic E-state index is 0.0405. The highest BCUT2D eigenvalue weighted by Crippen LogP contribution is 2.28. The van der Waals surface area contributed by atoms with E-state index in [9.17, 15) is 5.11 Å². The van der Waals surface area contributed by atoms with Crippen LogP contribution in [0.1, 0.15) is 30.1 Å². The number of pyridine rings is 1. The van der Waals surface area contributed by atoms with Gasteiger partial charge in [0.2, 0.25) is 0 Å². The quantitative estimate of drug-likeness (QED) is 0.766. The van der Waals surface area contributed by atoms with E-state index >= 15 is 0 Å². The first-order valence-electron chi connectivity index (χ1n) is 5.56. The smallest absolute Gasteiger partial charge is 0.0627 e. The van der Waals surface area contributed by atoms with Gasteiger partial charge in [0.05, 0.1) is 12.6 Å². The van der Waals surface area contributed by atoms with E-state index in [0.29, 0.717) is 0 Å². The van der Waals surface area contributed by atoms with Crippen molar-refractivity contribution < 1.29 is 5.11 Å². The van der Waals surface area contributed by atoms with Gasteiger partial charge in [-0.2, -0.15) is 0 Å². The molecule has 1 aromatic heterocycles. The Bertz CT molecular complexity index is 306. The molecule has 2 N–H and O–H groups in total. The summed E-state index contributed by atoms with van der Waals surface area (Å²) >= 11 is 0. The van der Waals surface area contributed by atoms with Crippen LogP contribution >= 0.6 is 0 Å². The van der Waals surface area contributed by atoms with Crippen molar-refractivity contribution in [2.75, 3.05) is 13.2 Å². The maximum atomic E-state index is 9.29. The van der Waals surface area contributed by atoms with Crippen LogP contribution in [0.5, 0.6) is 0 Å². The van der Waals surface area contributed by atoms with Crippen molar-refractivity contribution in [2.24, 2.45) is 5.92 Å². The summed E-state index contributed by atoms with van der Waals surface area (Å²) in [4.78, 5) is 4.24. The zero-order valence-electron chi connectivity index (χ0n) is 9.11. The Morgan fingerprint density at radius 3 is 2.87 bits per heavy atom. The van der Waals surface area contributed by atoms with Gasteiger partial charge in [-0.3, -0.25) is 4.98 Å². The van der Waals surface area contributed by atoms with Gasteiger partial charge < -0.3 is 10.4 Å². The predicted molar refractivity (Wildman–Crippen MR) is 59.5 cm³/mol. The highest BCUT2D eigenvalue weighted by Gasteiger charge is 2.22. The van der Waals surface area contributed by atoms with E-state index in [1.54, 1.807) is 0 Å². The molecule has 0 spiro atoms. The van der Waals surface area contributed by atoms with Crippen molar-refractivity contribution in [2.45, 2.75) is 25.8 Å². The largest absolute Gasteiger partial charge is 0.394 e. The van der Waals surface area contributed by atoms with Crippen LogP contribution in [-0.4, -0.2) is 23.2 Å². The highest BCUT2D eigenvalue weighted by molar-refractivity contribution is 5.17. The fourth-order valence-electron chi connectivity index (χ4n) is 1.60. The number of aryl methyl sites for hydroxylation is 1. The Labute approximate surface area is 90.5 Å². The second-order valence-corrected chi connectivity index (χ2v) is 4.32. The molecular weight excluding hydrogens is 188 g/mol. The number of aliphatic hydroxyl groups excluding tert-OH is 1. The maximum absolute atomic E-state index is 9.29. The summed E-state index contributed by atoms with van der Waals surface area (Å²) in [7, 11) is 0. The second-order valence-electron chi connectivity index (χ2n) is 4.32. The first-order valence-corrected chi connectivity index (χ1v) is 5.56. The summed E-state index contributed by atoms with van der Waals surface area (Å²) in [6.07, 6.45) is 4.50. The Morgan fingerprint density at radius 1 is 1.53 bits per heavy atom. The molecule has 1 heterocycles. The average Bonchev–Trinajstić information content (AvgIpc) is 3.05. The lowest BCUT2D eigenvalue weighted by atomic mass is 10.1. The molecule has 1 aromatic rings. The predicted octanol–water partition coefficient (Wildman–Crippen LogP) is 1.42.